The Labute approximate surface area is 172 Å². The van der Waals surface area contributed by atoms with Gasteiger partial charge in [-0.05, 0) is 43.5 Å². The van der Waals surface area contributed by atoms with Crippen molar-refractivity contribution in [3.8, 4) is 11.5 Å². The smallest absolute Gasteiger partial charge is 0.264 e. The summed E-state index contributed by atoms with van der Waals surface area (Å²) in [5.41, 5.74) is 1.66. The van der Waals surface area contributed by atoms with Crippen LogP contribution >= 0.6 is 0 Å². The first kappa shape index (κ1) is 19.6. The van der Waals surface area contributed by atoms with E-state index in [0.29, 0.717) is 0 Å². The summed E-state index contributed by atoms with van der Waals surface area (Å²) in [4.78, 5) is 0.280. The Morgan fingerprint density at radius 3 is 2.28 bits per heavy atom. The predicted molar refractivity (Wildman–Crippen MR) is 113 cm³/mol. The van der Waals surface area contributed by atoms with E-state index in [9.17, 15) is 8.42 Å². The van der Waals surface area contributed by atoms with E-state index in [1.54, 1.807) is 38.6 Å². The van der Waals surface area contributed by atoms with Crippen LogP contribution in [0, 0.1) is 12.8 Å². The van der Waals surface area contributed by atoms with E-state index in [2.05, 4.69) is 6.58 Å². The van der Waals surface area contributed by atoms with Crippen LogP contribution in [0.5, 0.6) is 11.5 Å². The second kappa shape index (κ2) is 6.95. The molecule has 6 heteroatoms. The van der Waals surface area contributed by atoms with Crippen molar-refractivity contribution in [1.29, 1.82) is 0 Å². The molecule has 2 aromatic carbocycles. The Morgan fingerprint density at radius 2 is 1.72 bits per heavy atom. The number of ether oxygens (including phenoxy) is 2. The molecule has 0 N–H and O–H groups in total. The largest absolute Gasteiger partial charge is 0.496 e. The fourth-order valence-corrected chi connectivity index (χ4v) is 5.92. The highest BCUT2D eigenvalue weighted by atomic mass is 32.2. The van der Waals surface area contributed by atoms with Crippen molar-refractivity contribution in [3.05, 3.63) is 78.5 Å². The van der Waals surface area contributed by atoms with Gasteiger partial charge < -0.3 is 9.47 Å². The topological polar surface area (TPSA) is 55.8 Å². The van der Waals surface area contributed by atoms with Crippen molar-refractivity contribution in [2.45, 2.75) is 29.7 Å². The van der Waals surface area contributed by atoms with Crippen LogP contribution < -0.4 is 9.47 Å². The molecular formula is C23H25NO4S. The average molecular weight is 412 g/mol. The summed E-state index contributed by atoms with van der Waals surface area (Å²) in [5, 5.41) is 0. The second-order valence-corrected chi connectivity index (χ2v) is 9.42. The van der Waals surface area contributed by atoms with Crippen molar-refractivity contribution in [2.75, 3.05) is 14.2 Å². The molecule has 152 valence electrons. The fourth-order valence-electron chi connectivity index (χ4n) is 4.43. The van der Waals surface area contributed by atoms with E-state index < -0.39 is 10.0 Å². The summed E-state index contributed by atoms with van der Waals surface area (Å²) in [6.45, 7) is 5.87. The molecule has 1 fully saturated rings. The highest BCUT2D eigenvalue weighted by Gasteiger charge is 2.62. The van der Waals surface area contributed by atoms with Crippen LogP contribution in [0.15, 0.2) is 72.3 Å². The Balaban J connectivity index is 1.78. The number of sulfonamides is 1. The quantitative estimate of drug-likeness (QED) is 0.673. The van der Waals surface area contributed by atoms with Gasteiger partial charge in [0.1, 0.15) is 11.5 Å². The highest BCUT2D eigenvalue weighted by Crippen LogP contribution is 2.64. The predicted octanol–water partition coefficient (Wildman–Crippen LogP) is 4.04. The third-order valence-corrected chi connectivity index (χ3v) is 7.80. The first-order valence-corrected chi connectivity index (χ1v) is 11.0. The van der Waals surface area contributed by atoms with E-state index in [4.69, 9.17) is 9.47 Å². The first-order chi connectivity index (χ1) is 13.9. The SMILES string of the molecule is C=C[C@H]1[C@@H]2C[C@]2(c2c(OC)cccc2OC)C=CN1S(=O)(=O)c1ccc(C)cc1. The summed E-state index contributed by atoms with van der Waals surface area (Å²) in [7, 11) is -0.400. The average Bonchev–Trinajstić information content (AvgIpc) is 3.48. The number of methoxy groups -OCH3 is 2. The molecule has 2 aliphatic rings. The molecule has 4 rings (SSSR count). The maximum atomic E-state index is 13.3. The summed E-state index contributed by atoms with van der Waals surface area (Å²) < 4.78 is 39.2. The van der Waals surface area contributed by atoms with Crippen molar-refractivity contribution in [1.82, 2.24) is 4.31 Å². The van der Waals surface area contributed by atoms with Crippen LogP contribution in [-0.2, 0) is 15.4 Å². The monoisotopic (exact) mass is 411 g/mol. The van der Waals surface area contributed by atoms with Crippen LogP contribution in [0.4, 0.5) is 0 Å². The van der Waals surface area contributed by atoms with Crippen molar-refractivity contribution in [3.63, 3.8) is 0 Å². The highest BCUT2D eigenvalue weighted by molar-refractivity contribution is 7.89. The summed E-state index contributed by atoms with van der Waals surface area (Å²) in [6, 6.07) is 12.3. The minimum Gasteiger partial charge on any atom is -0.496 e. The number of nitrogens with zero attached hydrogens (tertiary/aromatic N) is 1. The Bertz CT molecular complexity index is 1050. The number of hydrogen-bond acceptors (Lipinski definition) is 4. The fraction of sp³-hybridized carbons (Fsp3) is 0.304. The van der Waals surface area contributed by atoms with E-state index in [1.165, 1.54) is 4.31 Å². The summed E-state index contributed by atoms with van der Waals surface area (Å²) in [5.74, 6) is 1.55. The molecule has 0 unspecified atom stereocenters. The third kappa shape index (κ3) is 2.94. The lowest BCUT2D eigenvalue weighted by Crippen LogP contribution is -2.40. The van der Waals surface area contributed by atoms with Gasteiger partial charge in [0.15, 0.2) is 0 Å². The molecule has 0 radical (unpaired) electrons. The normalized spacial score (nSPS) is 25.3. The number of hydrogen-bond donors (Lipinski definition) is 0. The molecule has 29 heavy (non-hydrogen) atoms. The van der Waals surface area contributed by atoms with Gasteiger partial charge in [-0.2, -0.15) is 0 Å². The molecule has 0 spiro atoms. The molecule has 0 aromatic heterocycles. The minimum absolute atomic E-state index is 0.0652. The van der Waals surface area contributed by atoms with Gasteiger partial charge >= 0.3 is 0 Å². The lowest BCUT2D eigenvalue weighted by molar-refractivity contribution is 0.358. The van der Waals surface area contributed by atoms with Crippen LogP contribution in [0.3, 0.4) is 0 Å². The minimum atomic E-state index is -3.67. The number of allylic oxidation sites excluding steroid dienone is 1. The molecule has 1 saturated carbocycles. The molecule has 0 bridgehead atoms. The van der Waals surface area contributed by atoms with Crippen molar-refractivity contribution >= 4 is 10.0 Å². The molecule has 3 atom stereocenters. The molecule has 1 aliphatic heterocycles. The standard InChI is InChI=1S/C23H25NO4S/c1-5-19-18-15-23(18,22-20(27-3)7-6-8-21(22)28-4)13-14-24(19)29(25,26)17-11-9-16(2)10-12-17/h5-14,18-19H,1,15H2,2-4H3/t18-,19-,23+/m0/s1. The number of benzene rings is 2. The lowest BCUT2D eigenvalue weighted by atomic mass is 9.87. The summed E-state index contributed by atoms with van der Waals surface area (Å²) in [6.07, 6.45) is 6.18. The Kier molecular flexibility index (Phi) is 4.69. The van der Waals surface area contributed by atoms with Gasteiger partial charge in [0.25, 0.3) is 10.0 Å². The molecule has 1 heterocycles. The number of rotatable bonds is 6. The van der Waals surface area contributed by atoms with Gasteiger partial charge in [0.2, 0.25) is 0 Å². The van der Waals surface area contributed by atoms with Gasteiger partial charge in [-0.3, -0.25) is 4.31 Å². The van der Waals surface area contributed by atoms with Gasteiger partial charge in [-0.1, -0.05) is 35.9 Å². The lowest BCUT2D eigenvalue weighted by Gasteiger charge is -2.34. The first-order valence-electron chi connectivity index (χ1n) is 9.52. The zero-order valence-electron chi connectivity index (χ0n) is 16.8. The molecule has 0 amide bonds. The Hall–Kier alpha value is -2.73. The van der Waals surface area contributed by atoms with Gasteiger partial charge in [0, 0.05) is 17.2 Å². The van der Waals surface area contributed by atoms with Crippen LogP contribution in [0.2, 0.25) is 0 Å². The van der Waals surface area contributed by atoms with Gasteiger partial charge in [-0.15, -0.1) is 6.58 Å². The van der Waals surface area contributed by atoms with Gasteiger partial charge in [-0.25, -0.2) is 8.42 Å². The van der Waals surface area contributed by atoms with Gasteiger partial charge in [0.05, 0.1) is 25.2 Å². The zero-order valence-corrected chi connectivity index (χ0v) is 17.6. The zero-order chi connectivity index (χ0) is 20.8. The van der Waals surface area contributed by atoms with Crippen molar-refractivity contribution < 1.29 is 17.9 Å². The van der Waals surface area contributed by atoms with E-state index >= 15 is 0 Å². The van der Waals surface area contributed by atoms with E-state index in [-0.39, 0.29) is 22.3 Å². The number of fused-ring (bicyclic) bond motifs is 1. The van der Waals surface area contributed by atoms with E-state index in [1.807, 2.05) is 43.3 Å². The Morgan fingerprint density at radius 1 is 1.10 bits per heavy atom. The van der Waals surface area contributed by atoms with Crippen molar-refractivity contribution in [2.24, 2.45) is 5.92 Å². The molecule has 2 aromatic rings. The maximum absolute atomic E-state index is 13.3. The second-order valence-electron chi connectivity index (χ2n) is 7.58. The third-order valence-electron chi connectivity index (χ3n) is 6.02. The van der Waals surface area contributed by atoms with Crippen LogP contribution in [0.1, 0.15) is 17.5 Å². The molecule has 5 nitrogen and oxygen atoms in total. The van der Waals surface area contributed by atoms with Crippen LogP contribution in [0.25, 0.3) is 0 Å². The molecule has 1 aliphatic carbocycles. The van der Waals surface area contributed by atoms with E-state index in [0.717, 1.165) is 29.0 Å². The maximum Gasteiger partial charge on any atom is 0.264 e. The summed E-state index contributed by atoms with van der Waals surface area (Å²) >= 11 is 0. The molecule has 0 saturated heterocycles. The van der Waals surface area contributed by atoms with Crippen LogP contribution in [-0.4, -0.2) is 33.0 Å². The number of aryl methyl sites for hydroxylation is 1. The molecular weight excluding hydrogens is 386 g/mol.